The Morgan fingerprint density at radius 2 is 2.38 bits per heavy atom. The molecule has 5 heteroatoms. The zero-order chi connectivity index (χ0) is 9.26. The lowest BCUT2D eigenvalue weighted by Gasteiger charge is -1.87. The van der Waals surface area contributed by atoms with Crippen molar-refractivity contribution in [2.45, 2.75) is 6.42 Å². The third-order valence-electron chi connectivity index (χ3n) is 1.63. The fourth-order valence-electron chi connectivity index (χ4n) is 1.08. The van der Waals surface area contributed by atoms with E-state index in [4.69, 9.17) is 11.6 Å². The summed E-state index contributed by atoms with van der Waals surface area (Å²) in [6, 6.07) is 0. The third kappa shape index (κ3) is 1.40. The SMILES string of the molecule is C=CCc1nc2ncnc(Cl)c2[nH]1. The van der Waals surface area contributed by atoms with Gasteiger partial charge in [0.25, 0.3) is 0 Å². The molecule has 0 atom stereocenters. The maximum atomic E-state index is 5.82. The van der Waals surface area contributed by atoms with E-state index >= 15 is 0 Å². The number of allylic oxidation sites excluding steroid dienone is 1. The molecule has 0 saturated heterocycles. The van der Waals surface area contributed by atoms with Crippen molar-refractivity contribution >= 4 is 22.8 Å². The van der Waals surface area contributed by atoms with Gasteiger partial charge in [0.1, 0.15) is 17.7 Å². The van der Waals surface area contributed by atoms with Gasteiger partial charge in [-0.15, -0.1) is 6.58 Å². The summed E-state index contributed by atoms with van der Waals surface area (Å²) in [6.07, 6.45) is 3.83. The first-order valence-corrected chi connectivity index (χ1v) is 4.15. The van der Waals surface area contributed by atoms with Gasteiger partial charge in [0, 0.05) is 6.42 Å². The molecule has 2 rings (SSSR count). The van der Waals surface area contributed by atoms with E-state index in [2.05, 4.69) is 26.5 Å². The van der Waals surface area contributed by atoms with E-state index in [1.54, 1.807) is 6.08 Å². The van der Waals surface area contributed by atoms with Crippen LogP contribution in [0.3, 0.4) is 0 Å². The van der Waals surface area contributed by atoms with Crippen molar-refractivity contribution < 1.29 is 0 Å². The van der Waals surface area contributed by atoms with Crippen LogP contribution >= 0.6 is 11.6 Å². The number of hydrogen-bond donors (Lipinski definition) is 1. The van der Waals surface area contributed by atoms with Crippen molar-refractivity contribution in [1.29, 1.82) is 0 Å². The molecule has 0 aliphatic heterocycles. The maximum Gasteiger partial charge on any atom is 0.182 e. The average molecular weight is 195 g/mol. The molecule has 0 aliphatic rings. The predicted octanol–water partition coefficient (Wildman–Crippen LogP) is 1.73. The van der Waals surface area contributed by atoms with Gasteiger partial charge in [-0.3, -0.25) is 0 Å². The molecule has 4 nitrogen and oxygen atoms in total. The van der Waals surface area contributed by atoms with Crippen LogP contribution in [0.2, 0.25) is 5.15 Å². The minimum absolute atomic E-state index is 0.396. The van der Waals surface area contributed by atoms with Gasteiger partial charge in [0.15, 0.2) is 10.8 Å². The average Bonchev–Trinajstić information content (AvgIpc) is 2.49. The summed E-state index contributed by atoms with van der Waals surface area (Å²) >= 11 is 5.82. The second-order valence-electron chi connectivity index (χ2n) is 2.54. The number of fused-ring (bicyclic) bond motifs is 1. The maximum absolute atomic E-state index is 5.82. The minimum atomic E-state index is 0.396. The van der Waals surface area contributed by atoms with Crippen molar-refractivity contribution in [3.8, 4) is 0 Å². The van der Waals surface area contributed by atoms with Crippen molar-refractivity contribution in [1.82, 2.24) is 19.9 Å². The van der Waals surface area contributed by atoms with Crippen LogP contribution in [0.15, 0.2) is 19.0 Å². The van der Waals surface area contributed by atoms with Crippen molar-refractivity contribution in [2.75, 3.05) is 0 Å². The van der Waals surface area contributed by atoms with Crippen LogP contribution in [0, 0.1) is 0 Å². The summed E-state index contributed by atoms with van der Waals surface area (Å²) in [5.41, 5.74) is 1.28. The lowest BCUT2D eigenvalue weighted by atomic mass is 10.4. The molecular formula is C8H7ClN4. The molecule has 2 heterocycles. The van der Waals surface area contributed by atoms with E-state index in [1.807, 2.05) is 0 Å². The Morgan fingerprint density at radius 1 is 1.54 bits per heavy atom. The Labute approximate surface area is 79.7 Å². The van der Waals surface area contributed by atoms with Gasteiger partial charge in [-0.05, 0) is 0 Å². The Bertz CT molecular complexity index is 448. The first-order valence-electron chi connectivity index (χ1n) is 3.77. The summed E-state index contributed by atoms with van der Waals surface area (Å²) in [4.78, 5) is 15.0. The first kappa shape index (κ1) is 8.19. The van der Waals surface area contributed by atoms with Gasteiger partial charge in [-0.1, -0.05) is 17.7 Å². The molecule has 0 amide bonds. The molecule has 0 saturated carbocycles. The molecule has 0 aliphatic carbocycles. The standard InChI is InChI=1S/C8H7ClN4/c1-2-3-5-12-6-7(9)10-4-11-8(6)13-5/h2,4H,1,3H2,(H,10,11,12,13). The number of aromatic nitrogens is 4. The zero-order valence-electron chi connectivity index (χ0n) is 6.79. The monoisotopic (exact) mass is 194 g/mol. The van der Waals surface area contributed by atoms with Crippen LogP contribution in [0.25, 0.3) is 11.2 Å². The second-order valence-corrected chi connectivity index (χ2v) is 2.90. The van der Waals surface area contributed by atoms with E-state index in [1.165, 1.54) is 6.33 Å². The van der Waals surface area contributed by atoms with Crippen LogP contribution < -0.4 is 0 Å². The van der Waals surface area contributed by atoms with Gasteiger partial charge in [-0.2, -0.15) is 0 Å². The fraction of sp³-hybridized carbons (Fsp3) is 0.125. The minimum Gasteiger partial charge on any atom is -0.338 e. The summed E-state index contributed by atoms with van der Waals surface area (Å²) in [5, 5.41) is 0.396. The van der Waals surface area contributed by atoms with Crippen LogP contribution in [0.1, 0.15) is 5.82 Å². The van der Waals surface area contributed by atoms with Gasteiger partial charge >= 0.3 is 0 Å². The Hall–Kier alpha value is -1.42. The summed E-state index contributed by atoms with van der Waals surface area (Å²) < 4.78 is 0. The number of hydrogen-bond acceptors (Lipinski definition) is 3. The molecule has 0 radical (unpaired) electrons. The highest BCUT2D eigenvalue weighted by molar-refractivity contribution is 6.33. The van der Waals surface area contributed by atoms with Crippen molar-refractivity contribution in [3.63, 3.8) is 0 Å². The summed E-state index contributed by atoms with van der Waals surface area (Å²) in [5.74, 6) is 0.799. The molecular weight excluding hydrogens is 188 g/mol. The van der Waals surface area contributed by atoms with Crippen LogP contribution in [0.5, 0.6) is 0 Å². The number of aromatic amines is 1. The lowest BCUT2D eigenvalue weighted by Crippen LogP contribution is -1.81. The Morgan fingerprint density at radius 3 is 3.08 bits per heavy atom. The zero-order valence-corrected chi connectivity index (χ0v) is 7.54. The van der Waals surface area contributed by atoms with E-state index in [0.29, 0.717) is 22.7 Å². The number of nitrogens with one attached hydrogen (secondary N) is 1. The molecule has 0 aromatic carbocycles. The lowest BCUT2D eigenvalue weighted by molar-refractivity contribution is 1.07. The highest BCUT2D eigenvalue weighted by Gasteiger charge is 2.05. The smallest absolute Gasteiger partial charge is 0.182 e. The largest absolute Gasteiger partial charge is 0.338 e. The first-order chi connectivity index (χ1) is 6.31. The molecule has 66 valence electrons. The van der Waals surface area contributed by atoms with Crippen LogP contribution in [-0.2, 0) is 6.42 Å². The van der Waals surface area contributed by atoms with Gasteiger partial charge < -0.3 is 4.98 Å². The molecule has 0 unspecified atom stereocenters. The van der Waals surface area contributed by atoms with Crippen LogP contribution in [0.4, 0.5) is 0 Å². The molecule has 0 bridgehead atoms. The predicted molar refractivity (Wildman–Crippen MR) is 50.6 cm³/mol. The Balaban J connectivity index is 2.61. The van der Waals surface area contributed by atoms with Gasteiger partial charge in [-0.25, -0.2) is 15.0 Å². The van der Waals surface area contributed by atoms with E-state index in [-0.39, 0.29) is 0 Å². The van der Waals surface area contributed by atoms with E-state index in [0.717, 1.165) is 5.82 Å². The van der Waals surface area contributed by atoms with E-state index < -0.39 is 0 Å². The molecule has 2 aromatic heterocycles. The molecule has 0 fully saturated rings. The summed E-state index contributed by atoms with van der Waals surface area (Å²) in [7, 11) is 0. The van der Waals surface area contributed by atoms with Gasteiger partial charge in [0.2, 0.25) is 0 Å². The molecule has 1 N–H and O–H groups in total. The quantitative estimate of drug-likeness (QED) is 0.585. The number of H-pyrrole nitrogens is 1. The topological polar surface area (TPSA) is 54.5 Å². The highest BCUT2D eigenvalue weighted by atomic mass is 35.5. The number of halogens is 1. The van der Waals surface area contributed by atoms with Gasteiger partial charge in [0.05, 0.1) is 0 Å². The number of rotatable bonds is 2. The third-order valence-corrected chi connectivity index (χ3v) is 1.92. The second kappa shape index (κ2) is 3.14. The fourth-order valence-corrected chi connectivity index (χ4v) is 1.26. The number of nitrogens with zero attached hydrogens (tertiary/aromatic N) is 3. The molecule has 13 heavy (non-hydrogen) atoms. The summed E-state index contributed by atoms with van der Waals surface area (Å²) in [6.45, 7) is 3.62. The van der Waals surface area contributed by atoms with E-state index in [9.17, 15) is 0 Å². The number of imidazole rings is 1. The van der Waals surface area contributed by atoms with Crippen molar-refractivity contribution in [2.24, 2.45) is 0 Å². The molecule has 2 aromatic rings. The highest BCUT2D eigenvalue weighted by Crippen LogP contribution is 2.16. The van der Waals surface area contributed by atoms with Crippen LogP contribution in [-0.4, -0.2) is 19.9 Å². The molecule has 0 spiro atoms. The van der Waals surface area contributed by atoms with Crippen molar-refractivity contribution in [3.05, 3.63) is 30.0 Å². The normalized spacial score (nSPS) is 10.5. The Kier molecular flexibility index (Phi) is 1.98.